The summed E-state index contributed by atoms with van der Waals surface area (Å²) >= 11 is 0. The molecule has 0 aliphatic carbocycles. The zero-order valence-corrected chi connectivity index (χ0v) is 9.38. The second-order valence-electron chi connectivity index (χ2n) is 3.66. The van der Waals surface area contributed by atoms with Crippen LogP contribution in [0.2, 0.25) is 0 Å². The van der Waals surface area contributed by atoms with E-state index in [1.807, 2.05) is 0 Å². The molecular weight excluding hydrogens is 222 g/mol. The van der Waals surface area contributed by atoms with Gasteiger partial charge in [0.25, 0.3) is 0 Å². The molecule has 0 saturated heterocycles. The van der Waals surface area contributed by atoms with Crippen LogP contribution in [0, 0.1) is 5.21 Å². The number of aliphatic hydroxyl groups excluding tert-OH is 2. The van der Waals surface area contributed by atoms with Crippen molar-refractivity contribution in [3.63, 3.8) is 0 Å². The van der Waals surface area contributed by atoms with Gasteiger partial charge in [-0.15, -0.1) is 0 Å². The van der Waals surface area contributed by atoms with Gasteiger partial charge in [-0.05, 0) is 12.1 Å². The fourth-order valence-corrected chi connectivity index (χ4v) is 1.86. The van der Waals surface area contributed by atoms with Crippen molar-refractivity contribution in [1.82, 2.24) is 0 Å². The summed E-state index contributed by atoms with van der Waals surface area (Å²) in [6, 6.07) is 4.98. The number of hydrogen-bond donors (Lipinski definition) is 2. The average molecular weight is 235 g/mol. The number of rotatable bonds is 3. The van der Waals surface area contributed by atoms with Crippen LogP contribution in [-0.2, 0) is 13.2 Å². The molecule has 0 spiro atoms. The molecule has 5 heteroatoms. The van der Waals surface area contributed by atoms with Crippen molar-refractivity contribution in [3.05, 3.63) is 40.7 Å². The Labute approximate surface area is 98.1 Å². The van der Waals surface area contributed by atoms with Gasteiger partial charge in [-0.3, -0.25) is 0 Å². The van der Waals surface area contributed by atoms with Crippen molar-refractivity contribution in [2.45, 2.75) is 13.2 Å². The van der Waals surface area contributed by atoms with Crippen LogP contribution in [0.4, 0.5) is 0 Å². The highest BCUT2D eigenvalue weighted by Crippen LogP contribution is 2.24. The Kier molecular flexibility index (Phi) is 3.12. The molecule has 0 aliphatic heterocycles. The molecule has 0 radical (unpaired) electrons. The summed E-state index contributed by atoms with van der Waals surface area (Å²) in [7, 11) is 1.53. The van der Waals surface area contributed by atoms with Crippen LogP contribution in [0.5, 0.6) is 5.75 Å². The summed E-state index contributed by atoms with van der Waals surface area (Å²) in [6.45, 7) is -0.522. The average Bonchev–Trinajstić information content (AvgIpc) is 2.37. The first-order valence-corrected chi connectivity index (χ1v) is 5.14. The van der Waals surface area contributed by atoms with Crippen LogP contribution < -0.4 is 9.47 Å². The number of pyridine rings is 1. The van der Waals surface area contributed by atoms with E-state index in [2.05, 4.69) is 0 Å². The third-order valence-electron chi connectivity index (χ3n) is 2.76. The molecule has 90 valence electrons. The van der Waals surface area contributed by atoms with Crippen LogP contribution >= 0.6 is 0 Å². The summed E-state index contributed by atoms with van der Waals surface area (Å²) in [5.41, 5.74) is 1.41. The van der Waals surface area contributed by atoms with Crippen molar-refractivity contribution < 1.29 is 19.7 Å². The monoisotopic (exact) mass is 235 g/mol. The molecule has 0 aliphatic rings. The molecule has 1 heterocycles. The number of ether oxygens (including phenoxy) is 1. The van der Waals surface area contributed by atoms with Gasteiger partial charge >= 0.3 is 0 Å². The Bertz CT molecular complexity index is 554. The van der Waals surface area contributed by atoms with E-state index >= 15 is 0 Å². The topological polar surface area (TPSA) is 76.6 Å². The highest BCUT2D eigenvalue weighted by Gasteiger charge is 2.14. The maximum atomic E-state index is 11.7. The summed E-state index contributed by atoms with van der Waals surface area (Å²) in [6.07, 6.45) is 1.28. The molecule has 0 amide bonds. The number of aromatic nitrogens is 1. The molecule has 0 saturated carbocycles. The van der Waals surface area contributed by atoms with E-state index in [4.69, 9.17) is 9.84 Å². The SMILES string of the molecule is COc1ccc2c(c1)c(CO)c(CO)c[n+]2[O-]. The standard InChI is InChI=1S/C12H13NO4/c1-17-9-2-3-12-10(4-9)11(7-15)8(6-14)5-13(12)16/h2-5,14-15H,6-7H2,1H3. The second-order valence-corrected chi connectivity index (χ2v) is 3.66. The van der Waals surface area contributed by atoms with Gasteiger partial charge in [-0.1, -0.05) is 0 Å². The number of fused-ring (bicyclic) bond motifs is 1. The molecule has 1 aromatic heterocycles. The first-order chi connectivity index (χ1) is 8.21. The fraction of sp³-hybridized carbons (Fsp3) is 0.250. The van der Waals surface area contributed by atoms with E-state index in [0.29, 0.717) is 32.5 Å². The predicted molar refractivity (Wildman–Crippen MR) is 61.3 cm³/mol. The Balaban J connectivity index is 2.82. The van der Waals surface area contributed by atoms with Gasteiger partial charge in [0.2, 0.25) is 5.52 Å². The number of benzene rings is 1. The smallest absolute Gasteiger partial charge is 0.224 e. The van der Waals surface area contributed by atoms with Crippen LogP contribution in [0.15, 0.2) is 24.4 Å². The Morgan fingerprint density at radius 2 is 2.06 bits per heavy atom. The van der Waals surface area contributed by atoms with E-state index in [9.17, 15) is 10.3 Å². The number of methoxy groups -OCH3 is 1. The summed E-state index contributed by atoms with van der Waals surface area (Å²) in [4.78, 5) is 0. The van der Waals surface area contributed by atoms with Gasteiger partial charge in [0.1, 0.15) is 5.75 Å². The van der Waals surface area contributed by atoms with Crippen molar-refractivity contribution in [3.8, 4) is 5.75 Å². The van der Waals surface area contributed by atoms with Gasteiger partial charge in [0, 0.05) is 17.2 Å². The molecule has 0 fully saturated rings. The van der Waals surface area contributed by atoms with Crippen LogP contribution in [-0.4, -0.2) is 17.3 Å². The lowest BCUT2D eigenvalue weighted by Crippen LogP contribution is -2.28. The molecular formula is C12H13NO4. The Morgan fingerprint density at radius 3 is 2.65 bits per heavy atom. The van der Waals surface area contributed by atoms with E-state index in [-0.39, 0.29) is 13.2 Å². The highest BCUT2D eigenvalue weighted by atomic mass is 16.5. The van der Waals surface area contributed by atoms with Gasteiger partial charge in [-0.25, -0.2) is 0 Å². The lowest BCUT2D eigenvalue weighted by Gasteiger charge is -2.10. The second kappa shape index (κ2) is 4.57. The van der Waals surface area contributed by atoms with Gasteiger partial charge in [0.15, 0.2) is 6.20 Å². The quantitative estimate of drug-likeness (QED) is 0.598. The lowest BCUT2D eigenvalue weighted by atomic mass is 10.0. The molecule has 2 N–H and O–H groups in total. The largest absolute Gasteiger partial charge is 0.618 e. The normalized spacial score (nSPS) is 10.8. The molecule has 0 bridgehead atoms. The minimum Gasteiger partial charge on any atom is -0.618 e. The molecule has 0 unspecified atom stereocenters. The Hall–Kier alpha value is -1.85. The zero-order chi connectivity index (χ0) is 12.4. The van der Waals surface area contributed by atoms with Crippen LogP contribution in [0.3, 0.4) is 0 Å². The van der Waals surface area contributed by atoms with Crippen molar-refractivity contribution in [2.75, 3.05) is 7.11 Å². The van der Waals surface area contributed by atoms with Crippen molar-refractivity contribution in [2.24, 2.45) is 0 Å². The van der Waals surface area contributed by atoms with E-state index in [1.54, 1.807) is 18.2 Å². The fourth-order valence-electron chi connectivity index (χ4n) is 1.86. The van der Waals surface area contributed by atoms with Gasteiger partial charge < -0.3 is 20.2 Å². The number of aliphatic hydroxyl groups is 2. The summed E-state index contributed by atoms with van der Waals surface area (Å²) in [5, 5.41) is 30.8. The van der Waals surface area contributed by atoms with Crippen molar-refractivity contribution >= 4 is 10.9 Å². The molecule has 2 rings (SSSR count). The zero-order valence-electron chi connectivity index (χ0n) is 9.38. The molecule has 17 heavy (non-hydrogen) atoms. The summed E-state index contributed by atoms with van der Waals surface area (Å²) in [5.74, 6) is 0.599. The first kappa shape index (κ1) is 11.6. The van der Waals surface area contributed by atoms with Crippen LogP contribution in [0.25, 0.3) is 10.9 Å². The van der Waals surface area contributed by atoms with Crippen LogP contribution in [0.1, 0.15) is 11.1 Å². The highest BCUT2D eigenvalue weighted by molar-refractivity contribution is 5.82. The van der Waals surface area contributed by atoms with Gasteiger partial charge in [0.05, 0.1) is 25.7 Å². The van der Waals surface area contributed by atoms with E-state index in [0.717, 1.165) is 0 Å². The Morgan fingerprint density at radius 1 is 1.29 bits per heavy atom. The minimum atomic E-state index is -0.286. The number of hydrogen-bond acceptors (Lipinski definition) is 4. The van der Waals surface area contributed by atoms with Gasteiger partial charge in [-0.2, -0.15) is 4.73 Å². The molecule has 2 aromatic rings. The van der Waals surface area contributed by atoms with E-state index in [1.165, 1.54) is 13.3 Å². The maximum Gasteiger partial charge on any atom is 0.224 e. The maximum absolute atomic E-state index is 11.7. The predicted octanol–water partition coefficient (Wildman–Crippen LogP) is 0.466. The third-order valence-corrected chi connectivity index (χ3v) is 2.76. The summed E-state index contributed by atoms with van der Waals surface area (Å²) < 4.78 is 5.76. The number of nitrogens with zero attached hydrogens (tertiary/aromatic N) is 1. The first-order valence-electron chi connectivity index (χ1n) is 5.14. The molecule has 0 atom stereocenters. The third kappa shape index (κ3) is 1.90. The minimum absolute atomic E-state index is 0.236. The molecule has 1 aromatic carbocycles. The lowest BCUT2D eigenvalue weighted by molar-refractivity contribution is -0.577. The van der Waals surface area contributed by atoms with E-state index < -0.39 is 0 Å². The molecule has 5 nitrogen and oxygen atoms in total. The van der Waals surface area contributed by atoms with Crippen molar-refractivity contribution in [1.29, 1.82) is 0 Å².